The molecule has 1 amide bonds. The van der Waals surface area contributed by atoms with Crippen LogP contribution in [0.4, 0.5) is 0 Å². The maximum atomic E-state index is 12.2. The van der Waals surface area contributed by atoms with E-state index in [4.69, 9.17) is 4.74 Å². The molecule has 0 saturated carbocycles. The summed E-state index contributed by atoms with van der Waals surface area (Å²) in [6.45, 7) is 3.59. The largest absolute Gasteiger partial charge is 0.452 e. The van der Waals surface area contributed by atoms with Crippen molar-refractivity contribution in [3.05, 3.63) is 35.4 Å². The molecule has 6 nitrogen and oxygen atoms in total. The Balaban J connectivity index is 1.95. The maximum absolute atomic E-state index is 12.2. The van der Waals surface area contributed by atoms with Crippen molar-refractivity contribution in [3.63, 3.8) is 0 Å². The van der Waals surface area contributed by atoms with Gasteiger partial charge in [0.25, 0.3) is 5.91 Å². The summed E-state index contributed by atoms with van der Waals surface area (Å²) in [6.07, 6.45) is 0.438. The number of nitrogens with zero attached hydrogens (tertiary/aromatic N) is 1. The molecule has 0 radical (unpaired) electrons. The van der Waals surface area contributed by atoms with E-state index in [1.165, 1.54) is 4.90 Å². The first-order valence-electron chi connectivity index (χ1n) is 7.56. The molecule has 1 heterocycles. The molecule has 1 saturated heterocycles. The molecule has 1 aliphatic heterocycles. The van der Waals surface area contributed by atoms with Gasteiger partial charge in [-0.3, -0.25) is 4.79 Å². The molecular formula is C16H21NO5S. The van der Waals surface area contributed by atoms with Crippen molar-refractivity contribution in [2.24, 2.45) is 0 Å². The highest BCUT2D eigenvalue weighted by Crippen LogP contribution is 2.18. The Hall–Kier alpha value is -1.89. The van der Waals surface area contributed by atoms with Crippen LogP contribution < -0.4 is 0 Å². The number of likely N-dealkylation sites (N-methyl/N-ethyl adjacent to an activating group) is 1. The smallest absolute Gasteiger partial charge is 0.338 e. The molecule has 1 fully saturated rings. The molecular weight excluding hydrogens is 318 g/mol. The van der Waals surface area contributed by atoms with Crippen LogP contribution >= 0.6 is 0 Å². The van der Waals surface area contributed by atoms with E-state index in [-0.39, 0.29) is 30.1 Å². The molecule has 23 heavy (non-hydrogen) atoms. The van der Waals surface area contributed by atoms with Gasteiger partial charge in [-0.2, -0.15) is 0 Å². The number of aryl methyl sites for hydroxylation is 1. The Morgan fingerprint density at radius 2 is 2.00 bits per heavy atom. The number of hydrogen-bond donors (Lipinski definition) is 0. The lowest BCUT2D eigenvalue weighted by Gasteiger charge is -2.26. The number of esters is 1. The summed E-state index contributed by atoms with van der Waals surface area (Å²) in [6, 6.07) is 6.65. The number of amides is 1. The minimum absolute atomic E-state index is 0.0156. The van der Waals surface area contributed by atoms with Crippen molar-refractivity contribution in [2.45, 2.75) is 26.3 Å². The quantitative estimate of drug-likeness (QED) is 0.753. The molecule has 1 aromatic carbocycles. The van der Waals surface area contributed by atoms with Crippen molar-refractivity contribution < 1.29 is 22.7 Å². The van der Waals surface area contributed by atoms with Gasteiger partial charge in [0.05, 0.1) is 17.1 Å². The minimum atomic E-state index is -3.07. The summed E-state index contributed by atoms with van der Waals surface area (Å²) >= 11 is 0. The number of hydrogen-bond acceptors (Lipinski definition) is 5. The topological polar surface area (TPSA) is 80.8 Å². The van der Waals surface area contributed by atoms with E-state index < -0.39 is 15.8 Å². The number of ether oxygens (including phenoxy) is 1. The average molecular weight is 339 g/mol. The van der Waals surface area contributed by atoms with E-state index >= 15 is 0 Å². The Bertz CT molecular complexity index is 698. The van der Waals surface area contributed by atoms with E-state index in [1.807, 2.05) is 6.07 Å². The van der Waals surface area contributed by atoms with Gasteiger partial charge in [-0.15, -0.1) is 0 Å². The lowest BCUT2D eigenvalue weighted by Crippen LogP contribution is -2.43. The highest BCUT2D eigenvalue weighted by atomic mass is 32.2. The Labute approximate surface area is 136 Å². The third kappa shape index (κ3) is 4.31. The van der Waals surface area contributed by atoms with Crippen LogP contribution in [0.3, 0.4) is 0 Å². The van der Waals surface area contributed by atoms with Crippen LogP contribution in [-0.2, 0) is 19.4 Å². The average Bonchev–Trinajstić information content (AvgIpc) is 2.86. The second-order valence-electron chi connectivity index (χ2n) is 5.63. The lowest BCUT2D eigenvalue weighted by molar-refractivity contribution is -0.136. The Morgan fingerprint density at radius 1 is 1.30 bits per heavy atom. The van der Waals surface area contributed by atoms with E-state index in [9.17, 15) is 18.0 Å². The molecule has 0 spiro atoms. The third-order valence-electron chi connectivity index (χ3n) is 4.00. The SMILES string of the molecule is CCN(C(=O)COC(=O)c1ccccc1C)C1CCS(=O)(=O)C1. The molecule has 7 heteroatoms. The molecule has 0 aromatic heterocycles. The van der Waals surface area contributed by atoms with E-state index in [2.05, 4.69) is 0 Å². The van der Waals surface area contributed by atoms with Crippen LogP contribution in [0.1, 0.15) is 29.3 Å². The van der Waals surface area contributed by atoms with Gasteiger partial charge in [0.15, 0.2) is 16.4 Å². The van der Waals surface area contributed by atoms with Crippen LogP contribution in [-0.4, -0.2) is 55.9 Å². The molecule has 126 valence electrons. The molecule has 1 aliphatic rings. The fourth-order valence-corrected chi connectivity index (χ4v) is 4.48. The van der Waals surface area contributed by atoms with E-state index in [1.54, 1.807) is 32.0 Å². The van der Waals surface area contributed by atoms with Gasteiger partial charge < -0.3 is 9.64 Å². The summed E-state index contributed by atoms with van der Waals surface area (Å²) < 4.78 is 28.2. The molecule has 2 rings (SSSR count). The first kappa shape index (κ1) is 17.5. The Kier molecular flexibility index (Phi) is 5.41. The van der Waals surface area contributed by atoms with Gasteiger partial charge in [0.2, 0.25) is 0 Å². The predicted octanol–water partition coefficient (Wildman–Crippen LogP) is 1.19. The second-order valence-corrected chi connectivity index (χ2v) is 7.86. The summed E-state index contributed by atoms with van der Waals surface area (Å²) in [5.41, 5.74) is 1.20. The summed E-state index contributed by atoms with van der Waals surface area (Å²) in [5, 5.41) is 0. The summed E-state index contributed by atoms with van der Waals surface area (Å²) in [7, 11) is -3.07. The van der Waals surface area contributed by atoms with Gasteiger partial charge in [-0.1, -0.05) is 18.2 Å². The second kappa shape index (κ2) is 7.12. The van der Waals surface area contributed by atoms with Crippen LogP contribution in [0, 0.1) is 6.92 Å². The number of carbonyl (C=O) groups excluding carboxylic acids is 2. The zero-order valence-electron chi connectivity index (χ0n) is 13.3. The van der Waals surface area contributed by atoms with Crippen LogP contribution in [0.2, 0.25) is 0 Å². The zero-order valence-corrected chi connectivity index (χ0v) is 14.1. The van der Waals surface area contributed by atoms with Crippen LogP contribution in [0.25, 0.3) is 0 Å². The minimum Gasteiger partial charge on any atom is -0.452 e. The number of benzene rings is 1. The molecule has 1 unspecified atom stereocenters. The first-order valence-corrected chi connectivity index (χ1v) is 9.39. The molecule has 0 N–H and O–H groups in total. The summed E-state index contributed by atoms with van der Waals surface area (Å²) in [5.74, 6) is -0.828. The van der Waals surface area contributed by atoms with Crippen molar-refractivity contribution in [1.82, 2.24) is 4.90 Å². The normalized spacial score (nSPS) is 19.3. The molecule has 0 bridgehead atoms. The lowest BCUT2D eigenvalue weighted by atomic mass is 10.1. The van der Waals surface area contributed by atoms with Gasteiger partial charge in [0, 0.05) is 12.6 Å². The van der Waals surface area contributed by atoms with Gasteiger partial charge in [-0.25, -0.2) is 13.2 Å². The number of rotatable bonds is 5. The third-order valence-corrected chi connectivity index (χ3v) is 5.75. The highest BCUT2D eigenvalue weighted by Gasteiger charge is 2.34. The van der Waals surface area contributed by atoms with E-state index in [0.717, 1.165) is 5.56 Å². The first-order chi connectivity index (χ1) is 10.8. The fraction of sp³-hybridized carbons (Fsp3) is 0.500. The number of sulfone groups is 1. The van der Waals surface area contributed by atoms with Crippen molar-refractivity contribution in [2.75, 3.05) is 24.7 Å². The monoisotopic (exact) mass is 339 g/mol. The van der Waals surface area contributed by atoms with Gasteiger partial charge >= 0.3 is 5.97 Å². The van der Waals surface area contributed by atoms with Crippen molar-refractivity contribution >= 4 is 21.7 Å². The maximum Gasteiger partial charge on any atom is 0.338 e. The molecule has 1 atom stereocenters. The Morgan fingerprint density at radius 3 is 2.57 bits per heavy atom. The van der Waals surface area contributed by atoms with Gasteiger partial charge in [-0.05, 0) is 31.9 Å². The van der Waals surface area contributed by atoms with Crippen LogP contribution in [0.15, 0.2) is 24.3 Å². The number of carbonyl (C=O) groups is 2. The summed E-state index contributed by atoms with van der Waals surface area (Å²) in [4.78, 5) is 25.7. The molecule has 1 aromatic rings. The molecule has 0 aliphatic carbocycles. The van der Waals surface area contributed by atoms with Gasteiger partial charge in [0.1, 0.15) is 0 Å². The fourth-order valence-electron chi connectivity index (χ4n) is 2.75. The van der Waals surface area contributed by atoms with Crippen LogP contribution in [0.5, 0.6) is 0 Å². The standard InChI is InChI=1S/C16H21NO5S/c1-3-17(13-8-9-23(20,21)11-13)15(18)10-22-16(19)14-7-5-4-6-12(14)2/h4-7,13H,3,8-11H2,1-2H3. The van der Waals surface area contributed by atoms with E-state index in [0.29, 0.717) is 18.5 Å². The van der Waals surface area contributed by atoms with Crippen molar-refractivity contribution in [3.8, 4) is 0 Å². The zero-order chi connectivity index (χ0) is 17.0. The predicted molar refractivity (Wildman–Crippen MR) is 85.9 cm³/mol. The van der Waals surface area contributed by atoms with Crippen molar-refractivity contribution in [1.29, 1.82) is 0 Å². The highest BCUT2D eigenvalue weighted by molar-refractivity contribution is 7.91.